The minimum atomic E-state index is -3.57. The molecule has 0 aromatic heterocycles. The predicted octanol–water partition coefficient (Wildman–Crippen LogP) is 1.07. The number of carbonyl (C=O) groups is 1. The largest absolute Gasteiger partial charge is 0.352 e. The van der Waals surface area contributed by atoms with Gasteiger partial charge in [0.15, 0.2) is 0 Å². The zero-order valence-electron chi connectivity index (χ0n) is 15.9. The quantitative estimate of drug-likeness (QED) is 0.689. The van der Waals surface area contributed by atoms with E-state index in [-0.39, 0.29) is 54.1 Å². The molecule has 0 saturated carbocycles. The fourth-order valence-corrected chi connectivity index (χ4v) is 4.30. The first-order chi connectivity index (χ1) is 11.7. The minimum Gasteiger partial charge on any atom is -0.352 e. The maximum Gasteiger partial charge on any atom is 0.243 e. The van der Waals surface area contributed by atoms with Gasteiger partial charge in [0, 0.05) is 44.7 Å². The molecule has 1 aliphatic heterocycles. The van der Waals surface area contributed by atoms with Crippen molar-refractivity contribution in [1.29, 1.82) is 0 Å². The number of likely N-dealkylation sites (N-methyl/N-ethyl adjacent to an activating group) is 1. The number of carbonyl (C=O) groups excluding carboxylic acids is 1. The number of rotatable bonds is 6. The molecular formula is C17H30Cl2N4O3S. The van der Waals surface area contributed by atoms with Crippen LogP contribution in [0.4, 0.5) is 0 Å². The van der Waals surface area contributed by atoms with E-state index in [0.29, 0.717) is 31.7 Å². The van der Waals surface area contributed by atoms with Crippen LogP contribution in [0.5, 0.6) is 0 Å². The van der Waals surface area contributed by atoms with E-state index in [9.17, 15) is 13.2 Å². The van der Waals surface area contributed by atoms with Crippen LogP contribution in [0.25, 0.3) is 0 Å². The average Bonchev–Trinajstić information content (AvgIpc) is 2.59. The highest BCUT2D eigenvalue weighted by Gasteiger charge is 2.29. The third-order valence-electron chi connectivity index (χ3n) is 4.71. The maximum atomic E-state index is 13.0. The Morgan fingerprint density at radius 3 is 2.26 bits per heavy atom. The number of nitrogens with one attached hydrogen (secondary N) is 1. The number of hydrogen-bond acceptors (Lipinski definition) is 5. The Hall–Kier alpha value is -0.900. The summed E-state index contributed by atoms with van der Waals surface area (Å²) < 4.78 is 27.5. The van der Waals surface area contributed by atoms with Gasteiger partial charge in [-0.15, -0.1) is 24.8 Å². The van der Waals surface area contributed by atoms with E-state index in [4.69, 9.17) is 5.73 Å². The third kappa shape index (κ3) is 6.58. The molecule has 0 spiro atoms. The van der Waals surface area contributed by atoms with Gasteiger partial charge in [-0.2, -0.15) is 4.31 Å². The van der Waals surface area contributed by atoms with Gasteiger partial charge in [-0.1, -0.05) is 25.1 Å². The highest BCUT2D eigenvalue weighted by atomic mass is 35.5. The Labute approximate surface area is 174 Å². The summed E-state index contributed by atoms with van der Waals surface area (Å²) in [5, 5.41) is 2.79. The molecule has 1 heterocycles. The molecule has 0 aliphatic carbocycles. The Morgan fingerprint density at radius 2 is 1.70 bits per heavy atom. The van der Waals surface area contributed by atoms with Crippen molar-refractivity contribution in [2.75, 3.05) is 33.2 Å². The van der Waals surface area contributed by atoms with Gasteiger partial charge >= 0.3 is 0 Å². The van der Waals surface area contributed by atoms with Crippen LogP contribution in [0, 0.1) is 5.92 Å². The summed E-state index contributed by atoms with van der Waals surface area (Å²) in [7, 11) is -1.59. The summed E-state index contributed by atoms with van der Waals surface area (Å²) in [4.78, 5) is 14.5. The number of halogens is 2. The highest BCUT2D eigenvalue weighted by Crippen LogP contribution is 2.21. The Morgan fingerprint density at radius 1 is 1.15 bits per heavy atom. The molecule has 27 heavy (non-hydrogen) atoms. The second kappa shape index (κ2) is 11.2. The van der Waals surface area contributed by atoms with Crippen LogP contribution in [0.1, 0.15) is 19.4 Å². The standard InChI is InChI=1S/C17H28N4O3S.2ClH/c1-13(14(2)18)17(22)19-12-15-6-4-5-7-16(15)25(23,24)21-10-8-20(3)9-11-21;;/h4-7,13-14H,8-12,18H2,1-3H3,(H,19,22);2*1H. The van der Waals surface area contributed by atoms with Gasteiger partial charge in [-0.25, -0.2) is 8.42 Å². The lowest BCUT2D eigenvalue weighted by atomic mass is 10.0. The molecule has 156 valence electrons. The molecule has 0 radical (unpaired) electrons. The van der Waals surface area contributed by atoms with Crippen LogP contribution in [0.3, 0.4) is 0 Å². The van der Waals surface area contributed by atoms with Crippen molar-refractivity contribution in [3.8, 4) is 0 Å². The SMILES string of the molecule is CC(N)C(C)C(=O)NCc1ccccc1S(=O)(=O)N1CCN(C)CC1.Cl.Cl. The second-order valence-corrected chi connectivity index (χ2v) is 8.59. The molecule has 2 rings (SSSR count). The van der Waals surface area contributed by atoms with Gasteiger partial charge in [0.05, 0.1) is 4.90 Å². The van der Waals surface area contributed by atoms with Crippen LogP contribution in [-0.4, -0.2) is 62.8 Å². The number of nitrogens with zero attached hydrogens (tertiary/aromatic N) is 2. The molecule has 1 amide bonds. The molecule has 10 heteroatoms. The summed E-state index contributed by atoms with van der Waals surface area (Å²) >= 11 is 0. The normalized spacial score (nSPS) is 17.9. The molecule has 1 aromatic rings. The predicted molar refractivity (Wildman–Crippen MR) is 112 cm³/mol. The molecule has 1 fully saturated rings. The summed E-state index contributed by atoms with van der Waals surface area (Å²) in [6.07, 6.45) is 0. The van der Waals surface area contributed by atoms with Crippen molar-refractivity contribution in [2.24, 2.45) is 11.7 Å². The van der Waals surface area contributed by atoms with E-state index in [1.54, 1.807) is 38.1 Å². The molecule has 3 N–H and O–H groups in total. The topological polar surface area (TPSA) is 95.7 Å². The van der Waals surface area contributed by atoms with Crippen LogP contribution >= 0.6 is 24.8 Å². The number of benzene rings is 1. The lowest BCUT2D eigenvalue weighted by Gasteiger charge is -2.32. The fraction of sp³-hybridized carbons (Fsp3) is 0.588. The van der Waals surface area contributed by atoms with Gasteiger partial charge in [-0.3, -0.25) is 4.79 Å². The van der Waals surface area contributed by atoms with E-state index in [1.165, 1.54) is 4.31 Å². The molecule has 2 unspecified atom stereocenters. The molecule has 0 bridgehead atoms. The van der Waals surface area contributed by atoms with E-state index in [1.807, 2.05) is 7.05 Å². The molecular weight excluding hydrogens is 411 g/mol. The number of nitrogens with two attached hydrogens (primary N) is 1. The van der Waals surface area contributed by atoms with E-state index < -0.39 is 10.0 Å². The van der Waals surface area contributed by atoms with E-state index >= 15 is 0 Å². The van der Waals surface area contributed by atoms with Gasteiger partial charge in [0.25, 0.3) is 0 Å². The van der Waals surface area contributed by atoms with E-state index in [0.717, 1.165) is 0 Å². The van der Waals surface area contributed by atoms with Crippen molar-refractivity contribution in [3.05, 3.63) is 29.8 Å². The van der Waals surface area contributed by atoms with Crippen molar-refractivity contribution < 1.29 is 13.2 Å². The molecule has 1 aliphatic rings. The monoisotopic (exact) mass is 440 g/mol. The molecule has 7 nitrogen and oxygen atoms in total. The van der Waals surface area contributed by atoms with Gasteiger partial charge in [-0.05, 0) is 25.6 Å². The van der Waals surface area contributed by atoms with Gasteiger partial charge in [0.1, 0.15) is 0 Å². The van der Waals surface area contributed by atoms with Crippen LogP contribution in [0.2, 0.25) is 0 Å². The molecule has 1 saturated heterocycles. The zero-order valence-corrected chi connectivity index (χ0v) is 18.4. The van der Waals surface area contributed by atoms with Crippen molar-refractivity contribution in [2.45, 2.75) is 31.3 Å². The molecule has 2 atom stereocenters. The number of amides is 1. The van der Waals surface area contributed by atoms with Crippen molar-refractivity contribution in [1.82, 2.24) is 14.5 Å². The second-order valence-electron chi connectivity index (χ2n) is 6.68. The third-order valence-corrected chi connectivity index (χ3v) is 6.71. The summed E-state index contributed by atoms with van der Waals surface area (Å²) in [5.74, 6) is -0.511. The van der Waals surface area contributed by atoms with Gasteiger partial charge < -0.3 is 16.0 Å². The first-order valence-electron chi connectivity index (χ1n) is 8.53. The summed E-state index contributed by atoms with van der Waals surface area (Å²) in [6, 6.07) is 6.56. The van der Waals surface area contributed by atoms with Crippen molar-refractivity contribution >= 4 is 40.7 Å². The van der Waals surface area contributed by atoms with Crippen LogP contribution in [0.15, 0.2) is 29.2 Å². The highest BCUT2D eigenvalue weighted by molar-refractivity contribution is 7.89. The van der Waals surface area contributed by atoms with Crippen LogP contribution in [-0.2, 0) is 21.4 Å². The maximum absolute atomic E-state index is 13.0. The number of piperazine rings is 1. The Balaban J connectivity index is 0.00000338. The minimum absolute atomic E-state index is 0. The lowest BCUT2D eigenvalue weighted by Crippen LogP contribution is -2.47. The van der Waals surface area contributed by atoms with Crippen molar-refractivity contribution in [3.63, 3.8) is 0 Å². The number of sulfonamides is 1. The van der Waals surface area contributed by atoms with Crippen LogP contribution < -0.4 is 11.1 Å². The first kappa shape index (κ1) is 26.1. The summed E-state index contributed by atoms with van der Waals surface area (Å²) in [6.45, 7) is 6.07. The summed E-state index contributed by atoms with van der Waals surface area (Å²) in [5.41, 5.74) is 6.34. The average molecular weight is 441 g/mol. The Kier molecular flexibility index (Phi) is 10.8. The first-order valence-corrected chi connectivity index (χ1v) is 9.97. The number of hydrogen-bond donors (Lipinski definition) is 2. The van der Waals surface area contributed by atoms with E-state index in [2.05, 4.69) is 10.2 Å². The fourth-order valence-electron chi connectivity index (χ4n) is 2.65. The molecule has 1 aromatic carbocycles. The lowest BCUT2D eigenvalue weighted by molar-refractivity contribution is -0.125. The smallest absolute Gasteiger partial charge is 0.243 e. The van der Waals surface area contributed by atoms with Gasteiger partial charge in [0.2, 0.25) is 15.9 Å². The zero-order chi connectivity index (χ0) is 18.6. The Bertz CT molecular complexity index is 708.